The molecular weight excluding hydrogens is 298 g/mol. The van der Waals surface area contributed by atoms with Gasteiger partial charge in [0.05, 0.1) is 22.9 Å². The molecule has 0 aliphatic carbocycles. The average Bonchev–Trinajstić information content (AvgIpc) is 3.21. The van der Waals surface area contributed by atoms with E-state index in [1.807, 2.05) is 23.1 Å². The largest absolute Gasteiger partial charge is 0.366 e. The highest BCUT2D eigenvalue weighted by molar-refractivity contribution is 7.18. The predicted octanol–water partition coefficient (Wildman–Crippen LogP) is 1.95. The second-order valence-electron chi connectivity index (χ2n) is 5.77. The molecule has 2 fully saturated rings. The maximum atomic E-state index is 12.7. The minimum Gasteiger partial charge on any atom is -0.366 e. The number of benzene rings is 1. The van der Waals surface area contributed by atoms with Crippen molar-refractivity contribution < 1.29 is 9.53 Å². The van der Waals surface area contributed by atoms with Crippen molar-refractivity contribution in [3.8, 4) is 0 Å². The highest BCUT2D eigenvalue weighted by Crippen LogP contribution is 2.36. The number of amides is 1. The highest BCUT2D eigenvalue weighted by atomic mass is 32.1. The van der Waals surface area contributed by atoms with Gasteiger partial charge in [-0.15, -0.1) is 11.3 Å². The lowest BCUT2D eigenvalue weighted by molar-refractivity contribution is -0.146. The number of thiazole rings is 1. The second kappa shape index (κ2) is 5.95. The first-order valence-corrected chi connectivity index (χ1v) is 8.63. The standard InChI is InChI=1S/C16H19N3O2S/c20-16(13-10-17-7-9-21-13)19-8-3-5-12(19)15-18-11-4-1-2-6-14(11)22-15/h1-2,4,6,12-13,17H,3,5,7-10H2. The molecular formula is C16H19N3O2S. The van der Waals surface area contributed by atoms with E-state index in [0.717, 1.165) is 36.5 Å². The molecule has 0 radical (unpaired) electrons. The fraction of sp³-hybridized carbons (Fsp3) is 0.500. The molecule has 6 heteroatoms. The van der Waals surface area contributed by atoms with E-state index in [4.69, 9.17) is 9.72 Å². The zero-order valence-electron chi connectivity index (χ0n) is 12.3. The van der Waals surface area contributed by atoms with E-state index in [9.17, 15) is 4.79 Å². The molecule has 3 heterocycles. The summed E-state index contributed by atoms with van der Waals surface area (Å²) in [6, 6.07) is 8.26. The number of hydrogen-bond acceptors (Lipinski definition) is 5. The van der Waals surface area contributed by atoms with Crippen LogP contribution in [-0.4, -0.2) is 48.1 Å². The Morgan fingerprint density at radius 3 is 3.14 bits per heavy atom. The van der Waals surface area contributed by atoms with Gasteiger partial charge in [0.2, 0.25) is 0 Å². The van der Waals surface area contributed by atoms with Crippen molar-refractivity contribution in [3.05, 3.63) is 29.3 Å². The minimum atomic E-state index is -0.344. The van der Waals surface area contributed by atoms with Gasteiger partial charge >= 0.3 is 0 Å². The highest BCUT2D eigenvalue weighted by Gasteiger charge is 2.36. The zero-order chi connectivity index (χ0) is 14.9. The lowest BCUT2D eigenvalue weighted by Gasteiger charge is -2.30. The molecule has 2 aliphatic rings. The lowest BCUT2D eigenvalue weighted by atomic mass is 10.2. The first-order chi connectivity index (χ1) is 10.8. The van der Waals surface area contributed by atoms with Gasteiger partial charge in [-0.25, -0.2) is 4.98 Å². The molecule has 4 rings (SSSR count). The fourth-order valence-corrected chi connectivity index (χ4v) is 4.34. The first-order valence-electron chi connectivity index (χ1n) is 7.81. The van der Waals surface area contributed by atoms with E-state index in [0.29, 0.717) is 13.2 Å². The van der Waals surface area contributed by atoms with Gasteiger partial charge in [-0.3, -0.25) is 4.79 Å². The van der Waals surface area contributed by atoms with E-state index in [1.54, 1.807) is 11.3 Å². The molecule has 22 heavy (non-hydrogen) atoms. The van der Waals surface area contributed by atoms with Gasteiger partial charge in [-0.1, -0.05) is 12.1 Å². The number of likely N-dealkylation sites (tertiary alicyclic amines) is 1. The predicted molar refractivity (Wildman–Crippen MR) is 85.9 cm³/mol. The Hall–Kier alpha value is -1.50. The van der Waals surface area contributed by atoms with E-state index in [2.05, 4.69) is 11.4 Å². The van der Waals surface area contributed by atoms with Gasteiger partial charge in [0.25, 0.3) is 5.91 Å². The summed E-state index contributed by atoms with van der Waals surface area (Å²) >= 11 is 1.70. The number of fused-ring (bicyclic) bond motifs is 1. The van der Waals surface area contributed by atoms with Crippen molar-refractivity contribution in [3.63, 3.8) is 0 Å². The molecule has 2 saturated heterocycles. The smallest absolute Gasteiger partial charge is 0.253 e. The minimum absolute atomic E-state index is 0.106. The van der Waals surface area contributed by atoms with Crippen molar-refractivity contribution in [2.45, 2.75) is 25.0 Å². The number of carbonyl (C=O) groups is 1. The topological polar surface area (TPSA) is 54.5 Å². The number of aromatic nitrogens is 1. The number of nitrogens with one attached hydrogen (secondary N) is 1. The monoisotopic (exact) mass is 317 g/mol. The maximum absolute atomic E-state index is 12.7. The van der Waals surface area contributed by atoms with Crippen LogP contribution in [0.15, 0.2) is 24.3 Å². The molecule has 1 aromatic carbocycles. The third-order valence-electron chi connectivity index (χ3n) is 4.33. The van der Waals surface area contributed by atoms with Crippen LogP contribution in [-0.2, 0) is 9.53 Å². The Morgan fingerprint density at radius 1 is 1.41 bits per heavy atom. The SMILES string of the molecule is O=C(C1CNCCO1)N1CCCC1c1nc2ccccc2s1. The Labute approximate surface area is 133 Å². The van der Waals surface area contributed by atoms with Gasteiger partial charge in [0.1, 0.15) is 11.1 Å². The summed E-state index contributed by atoms with van der Waals surface area (Å²) in [6.45, 7) is 2.85. The number of hydrogen-bond donors (Lipinski definition) is 1. The van der Waals surface area contributed by atoms with Gasteiger partial charge in [-0.05, 0) is 25.0 Å². The Bertz CT molecular complexity index is 648. The summed E-state index contributed by atoms with van der Waals surface area (Å²) in [7, 11) is 0. The van der Waals surface area contributed by atoms with Crippen LogP contribution in [0.5, 0.6) is 0 Å². The van der Waals surface area contributed by atoms with Crippen molar-refractivity contribution in [2.24, 2.45) is 0 Å². The molecule has 1 N–H and O–H groups in total. The molecule has 2 unspecified atom stereocenters. The van der Waals surface area contributed by atoms with Crippen molar-refractivity contribution >= 4 is 27.5 Å². The van der Waals surface area contributed by atoms with Crippen LogP contribution in [0.1, 0.15) is 23.9 Å². The van der Waals surface area contributed by atoms with Crippen LogP contribution >= 0.6 is 11.3 Å². The summed E-state index contributed by atoms with van der Waals surface area (Å²) in [5, 5.41) is 4.28. The first kappa shape index (κ1) is 14.1. The number of nitrogens with zero attached hydrogens (tertiary/aromatic N) is 2. The zero-order valence-corrected chi connectivity index (χ0v) is 13.1. The fourth-order valence-electron chi connectivity index (χ4n) is 3.23. The molecule has 1 amide bonds. The number of para-hydroxylation sites is 1. The van der Waals surface area contributed by atoms with Gasteiger partial charge in [-0.2, -0.15) is 0 Å². The van der Waals surface area contributed by atoms with Gasteiger partial charge in [0.15, 0.2) is 0 Å². The number of morpholine rings is 1. The molecule has 2 atom stereocenters. The summed E-state index contributed by atoms with van der Waals surface area (Å²) in [5.74, 6) is 0.106. The molecule has 2 aliphatic heterocycles. The lowest BCUT2D eigenvalue weighted by Crippen LogP contribution is -2.49. The van der Waals surface area contributed by atoms with E-state index >= 15 is 0 Å². The molecule has 0 saturated carbocycles. The Balaban J connectivity index is 1.58. The second-order valence-corrected chi connectivity index (χ2v) is 6.84. The summed E-state index contributed by atoms with van der Waals surface area (Å²) < 4.78 is 6.81. The normalized spacial score (nSPS) is 25.7. The maximum Gasteiger partial charge on any atom is 0.253 e. The molecule has 2 aromatic rings. The van der Waals surface area contributed by atoms with Crippen molar-refractivity contribution in [1.29, 1.82) is 0 Å². The Morgan fingerprint density at radius 2 is 2.32 bits per heavy atom. The number of carbonyl (C=O) groups excluding carboxylic acids is 1. The summed E-state index contributed by atoms with van der Waals surface area (Å²) in [4.78, 5) is 19.4. The molecule has 5 nitrogen and oxygen atoms in total. The Kier molecular flexibility index (Phi) is 3.82. The van der Waals surface area contributed by atoms with Crippen LogP contribution in [0.25, 0.3) is 10.2 Å². The molecule has 1 aromatic heterocycles. The van der Waals surface area contributed by atoms with E-state index in [1.165, 1.54) is 4.70 Å². The van der Waals surface area contributed by atoms with E-state index < -0.39 is 0 Å². The molecule has 116 valence electrons. The van der Waals surface area contributed by atoms with Crippen LogP contribution in [0.2, 0.25) is 0 Å². The third kappa shape index (κ3) is 2.51. The average molecular weight is 317 g/mol. The van der Waals surface area contributed by atoms with Crippen molar-refractivity contribution in [2.75, 3.05) is 26.2 Å². The van der Waals surface area contributed by atoms with E-state index in [-0.39, 0.29) is 18.1 Å². The summed E-state index contributed by atoms with van der Waals surface area (Å²) in [6.07, 6.45) is 1.68. The third-order valence-corrected chi connectivity index (χ3v) is 5.47. The van der Waals surface area contributed by atoms with Crippen molar-refractivity contribution in [1.82, 2.24) is 15.2 Å². The van der Waals surface area contributed by atoms with Crippen LogP contribution in [0.4, 0.5) is 0 Å². The van der Waals surface area contributed by atoms with Crippen LogP contribution < -0.4 is 5.32 Å². The van der Waals surface area contributed by atoms with Crippen LogP contribution in [0, 0.1) is 0 Å². The quantitative estimate of drug-likeness (QED) is 0.920. The molecule has 0 spiro atoms. The van der Waals surface area contributed by atoms with Crippen LogP contribution in [0.3, 0.4) is 0 Å². The number of ether oxygens (including phenoxy) is 1. The van der Waals surface area contributed by atoms with Gasteiger partial charge < -0.3 is 15.0 Å². The van der Waals surface area contributed by atoms with Gasteiger partial charge in [0, 0.05) is 19.6 Å². The molecule has 0 bridgehead atoms. The number of rotatable bonds is 2. The summed E-state index contributed by atoms with van der Waals surface area (Å²) in [5.41, 5.74) is 1.03.